The van der Waals surface area contributed by atoms with Gasteiger partial charge in [-0.1, -0.05) is 36.4 Å². The van der Waals surface area contributed by atoms with Gasteiger partial charge in [0.15, 0.2) is 6.10 Å². The zero-order chi connectivity index (χ0) is 20.3. The summed E-state index contributed by atoms with van der Waals surface area (Å²) in [5, 5.41) is 3.61. The third-order valence-corrected chi connectivity index (χ3v) is 4.55. The topological polar surface area (TPSA) is 77.8 Å². The summed E-state index contributed by atoms with van der Waals surface area (Å²) < 4.78 is 16.2. The molecule has 0 saturated carbocycles. The van der Waals surface area contributed by atoms with Gasteiger partial charge in [0.2, 0.25) is 5.76 Å². The van der Waals surface area contributed by atoms with E-state index < -0.39 is 18.0 Å². The smallest absolute Gasteiger partial charge is 0.375 e. The standard InChI is InChI=1S/C22H23NO5/c1-13-8-7-9-14(2)19(13)23-21(24)15(3)27-22(25)20-17(12-26-4)16-10-5-6-11-18(16)28-20/h5-11,15H,12H2,1-4H3,(H,23,24)/t15-/m0/s1. The van der Waals surface area contributed by atoms with Crippen LogP contribution in [0.1, 0.15) is 34.2 Å². The number of hydrogen-bond acceptors (Lipinski definition) is 5. The quantitative estimate of drug-likeness (QED) is 0.641. The molecule has 6 heteroatoms. The summed E-state index contributed by atoms with van der Waals surface area (Å²) in [6.45, 7) is 5.54. The summed E-state index contributed by atoms with van der Waals surface area (Å²) >= 11 is 0. The van der Waals surface area contributed by atoms with Crippen LogP contribution < -0.4 is 5.32 Å². The van der Waals surface area contributed by atoms with Crippen LogP contribution in [-0.2, 0) is 20.9 Å². The second-order valence-corrected chi connectivity index (χ2v) is 6.64. The highest BCUT2D eigenvalue weighted by Gasteiger charge is 2.26. The molecule has 0 saturated heterocycles. The summed E-state index contributed by atoms with van der Waals surface area (Å²) in [4.78, 5) is 25.2. The molecule has 1 N–H and O–H groups in total. The maximum Gasteiger partial charge on any atom is 0.375 e. The molecule has 1 atom stereocenters. The zero-order valence-corrected chi connectivity index (χ0v) is 16.4. The maximum atomic E-state index is 12.7. The number of fused-ring (bicyclic) bond motifs is 1. The number of hydrogen-bond donors (Lipinski definition) is 1. The fraction of sp³-hybridized carbons (Fsp3) is 0.273. The number of amides is 1. The van der Waals surface area contributed by atoms with Crippen LogP contribution in [0.3, 0.4) is 0 Å². The van der Waals surface area contributed by atoms with Gasteiger partial charge in [0.25, 0.3) is 5.91 Å². The molecule has 1 amide bonds. The Balaban J connectivity index is 1.78. The molecule has 1 heterocycles. The predicted molar refractivity (Wildman–Crippen MR) is 106 cm³/mol. The minimum Gasteiger partial charge on any atom is -0.449 e. The molecule has 0 fully saturated rings. The van der Waals surface area contributed by atoms with Crippen molar-refractivity contribution in [1.82, 2.24) is 0 Å². The number of nitrogens with one attached hydrogen (secondary N) is 1. The van der Waals surface area contributed by atoms with Crippen molar-refractivity contribution in [2.75, 3.05) is 12.4 Å². The van der Waals surface area contributed by atoms with E-state index in [4.69, 9.17) is 13.9 Å². The fourth-order valence-electron chi connectivity index (χ4n) is 3.06. The van der Waals surface area contributed by atoms with Gasteiger partial charge in [-0.15, -0.1) is 0 Å². The molecule has 0 spiro atoms. The fourth-order valence-corrected chi connectivity index (χ4v) is 3.06. The number of methoxy groups -OCH3 is 1. The summed E-state index contributed by atoms with van der Waals surface area (Å²) in [7, 11) is 1.54. The molecule has 0 unspecified atom stereocenters. The van der Waals surface area contributed by atoms with Gasteiger partial charge in [0, 0.05) is 23.7 Å². The van der Waals surface area contributed by atoms with Gasteiger partial charge in [-0.25, -0.2) is 4.79 Å². The third kappa shape index (κ3) is 3.92. The van der Waals surface area contributed by atoms with Crippen molar-refractivity contribution in [2.45, 2.75) is 33.5 Å². The Labute approximate surface area is 163 Å². The van der Waals surface area contributed by atoms with Crippen molar-refractivity contribution < 1.29 is 23.5 Å². The lowest BCUT2D eigenvalue weighted by atomic mass is 10.1. The largest absolute Gasteiger partial charge is 0.449 e. The Morgan fingerprint density at radius 3 is 2.43 bits per heavy atom. The Hall–Kier alpha value is -3.12. The van der Waals surface area contributed by atoms with Gasteiger partial charge in [0.05, 0.1) is 6.61 Å². The van der Waals surface area contributed by atoms with Crippen molar-refractivity contribution in [2.24, 2.45) is 0 Å². The van der Waals surface area contributed by atoms with Crippen molar-refractivity contribution in [3.63, 3.8) is 0 Å². The van der Waals surface area contributed by atoms with E-state index in [1.807, 2.05) is 50.2 Å². The van der Waals surface area contributed by atoms with Gasteiger partial charge in [-0.2, -0.15) is 0 Å². The van der Waals surface area contributed by atoms with E-state index in [2.05, 4.69) is 5.32 Å². The van der Waals surface area contributed by atoms with Gasteiger partial charge in [-0.05, 0) is 38.0 Å². The SMILES string of the molecule is COCc1c(C(=O)O[C@@H](C)C(=O)Nc2c(C)cccc2C)oc2ccccc12. The molecule has 28 heavy (non-hydrogen) atoms. The van der Waals surface area contributed by atoms with Gasteiger partial charge < -0.3 is 19.2 Å². The van der Waals surface area contributed by atoms with Gasteiger partial charge in [0.1, 0.15) is 5.58 Å². The average Bonchev–Trinajstić information content (AvgIpc) is 3.04. The van der Waals surface area contributed by atoms with E-state index in [-0.39, 0.29) is 12.4 Å². The van der Waals surface area contributed by atoms with Crippen molar-refractivity contribution in [3.8, 4) is 0 Å². The van der Waals surface area contributed by atoms with E-state index in [0.29, 0.717) is 11.1 Å². The number of ether oxygens (including phenoxy) is 2. The third-order valence-electron chi connectivity index (χ3n) is 4.55. The number of anilines is 1. The number of aryl methyl sites for hydroxylation is 2. The second-order valence-electron chi connectivity index (χ2n) is 6.64. The molecule has 0 bridgehead atoms. The molecule has 146 valence electrons. The maximum absolute atomic E-state index is 12.7. The number of esters is 1. The number of carbonyl (C=O) groups is 2. The number of benzene rings is 2. The highest BCUT2D eigenvalue weighted by Crippen LogP contribution is 2.27. The van der Waals surface area contributed by atoms with Crippen molar-refractivity contribution in [3.05, 3.63) is 64.9 Å². The molecule has 3 rings (SSSR count). The first kappa shape index (κ1) is 19.6. The average molecular weight is 381 g/mol. The Morgan fingerprint density at radius 2 is 1.75 bits per heavy atom. The van der Waals surface area contributed by atoms with E-state index in [0.717, 1.165) is 22.2 Å². The van der Waals surface area contributed by atoms with Crippen LogP contribution in [0, 0.1) is 13.8 Å². The number of furan rings is 1. The van der Waals surface area contributed by atoms with Crippen LogP contribution in [0.4, 0.5) is 5.69 Å². The minimum atomic E-state index is -0.991. The molecular formula is C22H23NO5. The Kier molecular flexibility index (Phi) is 5.80. The van der Waals surface area contributed by atoms with Crippen LogP contribution >= 0.6 is 0 Å². The minimum absolute atomic E-state index is 0.0507. The lowest BCUT2D eigenvalue weighted by molar-refractivity contribution is -0.123. The van der Waals surface area contributed by atoms with Crippen molar-refractivity contribution in [1.29, 1.82) is 0 Å². The first-order valence-electron chi connectivity index (χ1n) is 8.99. The molecule has 1 aromatic heterocycles. The summed E-state index contributed by atoms with van der Waals surface area (Å²) in [5.41, 5.74) is 3.76. The molecule has 3 aromatic rings. The van der Waals surface area contributed by atoms with E-state index in [1.54, 1.807) is 6.07 Å². The highest BCUT2D eigenvalue weighted by atomic mass is 16.6. The van der Waals surface area contributed by atoms with Crippen LogP contribution in [0.5, 0.6) is 0 Å². The van der Waals surface area contributed by atoms with E-state index in [9.17, 15) is 9.59 Å². The lowest BCUT2D eigenvalue weighted by Gasteiger charge is -2.16. The molecule has 0 radical (unpaired) electrons. The molecule has 0 aliphatic rings. The molecule has 0 aliphatic heterocycles. The molecule has 2 aromatic carbocycles. The predicted octanol–water partition coefficient (Wildman–Crippen LogP) is 4.38. The lowest BCUT2D eigenvalue weighted by Crippen LogP contribution is -2.30. The van der Waals surface area contributed by atoms with Crippen molar-refractivity contribution >= 4 is 28.5 Å². The summed E-state index contributed by atoms with van der Waals surface area (Å²) in [5.74, 6) is -1.06. The number of carbonyl (C=O) groups excluding carboxylic acids is 2. The van der Waals surface area contributed by atoms with Crippen LogP contribution in [0.15, 0.2) is 46.9 Å². The molecule has 6 nitrogen and oxygen atoms in total. The first-order valence-corrected chi connectivity index (χ1v) is 8.99. The monoisotopic (exact) mass is 381 g/mol. The highest BCUT2D eigenvalue weighted by molar-refractivity contribution is 6.00. The van der Waals surface area contributed by atoms with Gasteiger partial charge >= 0.3 is 5.97 Å². The Bertz CT molecular complexity index is 1000. The van der Waals surface area contributed by atoms with E-state index in [1.165, 1.54) is 14.0 Å². The second kappa shape index (κ2) is 8.27. The van der Waals surface area contributed by atoms with Crippen LogP contribution in [0.25, 0.3) is 11.0 Å². The number of rotatable bonds is 6. The zero-order valence-electron chi connectivity index (χ0n) is 16.4. The molecular weight excluding hydrogens is 358 g/mol. The number of para-hydroxylation sites is 2. The summed E-state index contributed by atoms with van der Waals surface area (Å²) in [6.07, 6.45) is -0.991. The van der Waals surface area contributed by atoms with Crippen LogP contribution in [0.2, 0.25) is 0 Å². The van der Waals surface area contributed by atoms with Crippen LogP contribution in [-0.4, -0.2) is 25.1 Å². The van der Waals surface area contributed by atoms with Gasteiger partial charge in [-0.3, -0.25) is 4.79 Å². The summed E-state index contributed by atoms with van der Waals surface area (Å²) in [6, 6.07) is 13.0. The molecule has 0 aliphatic carbocycles. The Morgan fingerprint density at radius 1 is 1.07 bits per heavy atom. The van der Waals surface area contributed by atoms with E-state index >= 15 is 0 Å². The normalized spacial score (nSPS) is 12.0. The first-order chi connectivity index (χ1) is 13.4.